The van der Waals surface area contributed by atoms with E-state index in [0.717, 1.165) is 48.9 Å². The number of thioether (sulfide) groups is 1. The molecule has 0 bridgehead atoms. The summed E-state index contributed by atoms with van der Waals surface area (Å²) in [5.74, 6) is 0.911. The second-order valence-electron chi connectivity index (χ2n) is 8.97. The van der Waals surface area contributed by atoms with E-state index in [4.69, 9.17) is 0 Å². The van der Waals surface area contributed by atoms with Crippen molar-refractivity contribution in [1.82, 2.24) is 19.7 Å². The van der Waals surface area contributed by atoms with Gasteiger partial charge in [-0.2, -0.15) is 0 Å². The summed E-state index contributed by atoms with van der Waals surface area (Å²) in [5.41, 5.74) is 5.15. The van der Waals surface area contributed by atoms with Gasteiger partial charge in [-0.3, -0.25) is 9.36 Å². The van der Waals surface area contributed by atoms with Crippen LogP contribution in [-0.2, 0) is 4.79 Å². The van der Waals surface area contributed by atoms with Crippen LogP contribution in [0.5, 0.6) is 0 Å². The molecule has 2 heterocycles. The standard InChI is InChI=1S/C28H30N6OS/c1-21-19-23(13-14-25(21)33-17-15-32(2)16-18-33)29-26(35)20-36-28-31-30-27(22-9-5-3-6-10-22)34(28)24-11-7-4-8-12-24/h3-14,19H,15-18,20H2,1-2H3,(H,29,35). The lowest BCUT2D eigenvalue weighted by molar-refractivity contribution is -0.113. The first-order valence-corrected chi connectivity index (χ1v) is 13.1. The fourth-order valence-electron chi connectivity index (χ4n) is 4.41. The fourth-order valence-corrected chi connectivity index (χ4v) is 5.16. The minimum absolute atomic E-state index is 0.0735. The quantitative estimate of drug-likeness (QED) is 0.372. The van der Waals surface area contributed by atoms with Crippen molar-refractivity contribution in [2.45, 2.75) is 12.1 Å². The molecule has 1 aliphatic rings. The highest BCUT2D eigenvalue weighted by atomic mass is 32.2. The fraction of sp³-hybridized carbons (Fsp3) is 0.250. The van der Waals surface area contributed by atoms with Crippen LogP contribution in [0.4, 0.5) is 11.4 Å². The monoisotopic (exact) mass is 498 g/mol. The summed E-state index contributed by atoms with van der Waals surface area (Å²) in [6.45, 7) is 6.27. The third-order valence-electron chi connectivity index (χ3n) is 6.34. The number of hydrogen-bond donors (Lipinski definition) is 1. The zero-order chi connectivity index (χ0) is 24.9. The number of piperazine rings is 1. The molecular formula is C28H30N6OS. The molecule has 3 aromatic carbocycles. The predicted octanol–water partition coefficient (Wildman–Crippen LogP) is 4.73. The number of hydrogen-bond acceptors (Lipinski definition) is 6. The number of nitrogens with one attached hydrogen (secondary N) is 1. The molecule has 1 amide bonds. The summed E-state index contributed by atoms with van der Waals surface area (Å²) >= 11 is 1.38. The molecule has 5 rings (SSSR count). The summed E-state index contributed by atoms with van der Waals surface area (Å²) in [7, 11) is 2.16. The number of carbonyl (C=O) groups is 1. The number of rotatable bonds is 7. The van der Waals surface area contributed by atoms with Gasteiger partial charge in [0.1, 0.15) is 0 Å². The smallest absolute Gasteiger partial charge is 0.234 e. The van der Waals surface area contributed by atoms with E-state index in [2.05, 4.69) is 51.4 Å². The number of para-hydroxylation sites is 1. The molecule has 4 aromatic rings. The van der Waals surface area contributed by atoms with E-state index in [0.29, 0.717) is 5.16 Å². The maximum atomic E-state index is 12.8. The lowest BCUT2D eigenvalue weighted by atomic mass is 10.1. The van der Waals surface area contributed by atoms with Crippen molar-refractivity contribution in [3.8, 4) is 17.1 Å². The van der Waals surface area contributed by atoms with Crippen molar-refractivity contribution < 1.29 is 4.79 Å². The Balaban J connectivity index is 1.28. The van der Waals surface area contributed by atoms with Gasteiger partial charge < -0.3 is 15.1 Å². The topological polar surface area (TPSA) is 66.3 Å². The second-order valence-corrected chi connectivity index (χ2v) is 9.91. The van der Waals surface area contributed by atoms with Crippen molar-refractivity contribution >= 4 is 29.0 Å². The van der Waals surface area contributed by atoms with Crippen LogP contribution in [0.1, 0.15) is 5.56 Å². The van der Waals surface area contributed by atoms with Crippen LogP contribution < -0.4 is 10.2 Å². The van der Waals surface area contributed by atoms with E-state index in [1.54, 1.807) is 0 Å². The van der Waals surface area contributed by atoms with Gasteiger partial charge in [0.15, 0.2) is 11.0 Å². The Morgan fingerprint density at radius 2 is 1.61 bits per heavy atom. The number of likely N-dealkylation sites (N-methyl/N-ethyl adjacent to an activating group) is 1. The molecule has 0 unspecified atom stereocenters. The summed E-state index contributed by atoms with van der Waals surface area (Å²) in [4.78, 5) is 17.6. The zero-order valence-corrected chi connectivity index (χ0v) is 21.4. The molecule has 1 aromatic heterocycles. The van der Waals surface area contributed by atoms with Crippen molar-refractivity contribution in [1.29, 1.82) is 0 Å². The second kappa shape index (κ2) is 11.0. The maximum absolute atomic E-state index is 12.8. The summed E-state index contributed by atoms with van der Waals surface area (Å²) < 4.78 is 2.00. The molecule has 0 radical (unpaired) electrons. The number of nitrogens with zero attached hydrogens (tertiary/aromatic N) is 5. The normalized spacial score (nSPS) is 14.1. The van der Waals surface area contributed by atoms with Crippen LogP contribution in [-0.4, -0.2) is 64.6 Å². The number of anilines is 2. The predicted molar refractivity (Wildman–Crippen MR) is 147 cm³/mol. The molecule has 1 fully saturated rings. The van der Waals surface area contributed by atoms with Gasteiger partial charge in [0.2, 0.25) is 5.91 Å². The number of aryl methyl sites for hydroxylation is 1. The van der Waals surface area contributed by atoms with Crippen LogP contribution in [0.2, 0.25) is 0 Å². The van der Waals surface area contributed by atoms with Crippen LogP contribution in [0.3, 0.4) is 0 Å². The molecule has 1 saturated heterocycles. The number of carbonyl (C=O) groups excluding carboxylic acids is 1. The molecule has 0 saturated carbocycles. The molecule has 0 spiro atoms. The van der Waals surface area contributed by atoms with Gasteiger partial charge in [-0.15, -0.1) is 10.2 Å². The highest BCUT2D eigenvalue weighted by molar-refractivity contribution is 7.99. The molecule has 1 aliphatic heterocycles. The Labute approximate surface area is 216 Å². The number of benzene rings is 3. The Kier molecular flexibility index (Phi) is 7.34. The Morgan fingerprint density at radius 1 is 0.917 bits per heavy atom. The summed E-state index contributed by atoms with van der Waals surface area (Å²) in [5, 5.41) is 12.6. The summed E-state index contributed by atoms with van der Waals surface area (Å²) in [6.07, 6.45) is 0. The van der Waals surface area contributed by atoms with Crippen LogP contribution >= 0.6 is 11.8 Å². The van der Waals surface area contributed by atoms with Crippen LogP contribution in [0.25, 0.3) is 17.1 Å². The first-order valence-electron chi connectivity index (χ1n) is 12.1. The van der Waals surface area contributed by atoms with Gasteiger partial charge in [-0.25, -0.2) is 0 Å². The van der Waals surface area contributed by atoms with Crippen LogP contribution in [0, 0.1) is 6.92 Å². The molecule has 7 nitrogen and oxygen atoms in total. The summed E-state index contributed by atoms with van der Waals surface area (Å²) in [6, 6.07) is 26.1. The lowest BCUT2D eigenvalue weighted by Crippen LogP contribution is -2.44. The van der Waals surface area contributed by atoms with Gasteiger partial charge in [0.25, 0.3) is 0 Å². The average molecular weight is 499 g/mol. The van der Waals surface area contributed by atoms with Gasteiger partial charge in [-0.1, -0.05) is 60.3 Å². The van der Waals surface area contributed by atoms with Crippen LogP contribution in [0.15, 0.2) is 84.0 Å². The molecule has 1 N–H and O–H groups in total. The van der Waals surface area contributed by atoms with Gasteiger partial charge in [0.05, 0.1) is 5.75 Å². The first-order chi connectivity index (χ1) is 17.6. The van der Waals surface area contributed by atoms with E-state index in [1.165, 1.54) is 23.0 Å². The Bertz CT molecular complexity index is 1320. The zero-order valence-electron chi connectivity index (χ0n) is 20.6. The van der Waals surface area contributed by atoms with Crippen molar-refractivity contribution in [3.63, 3.8) is 0 Å². The highest BCUT2D eigenvalue weighted by Crippen LogP contribution is 2.28. The molecule has 0 aliphatic carbocycles. The highest BCUT2D eigenvalue weighted by Gasteiger charge is 2.18. The molecule has 0 atom stereocenters. The van der Waals surface area contributed by atoms with Crippen molar-refractivity contribution in [3.05, 3.63) is 84.4 Å². The van der Waals surface area contributed by atoms with E-state index in [-0.39, 0.29) is 11.7 Å². The van der Waals surface area contributed by atoms with Gasteiger partial charge in [-0.05, 0) is 49.9 Å². The van der Waals surface area contributed by atoms with Gasteiger partial charge in [0, 0.05) is 48.8 Å². The third kappa shape index (κ3) is 5.45. The van der Waals surface area contributed by atoms with Crippen molar-refractivity contribution in [2.75, 3.05) is 49.2 Å². The minimum Gasteiger partial charge on any atom is -0.369 e. The SMILES string of the molecule is Cc1cc(NC(=O)CSc2nnc(-c3ccccc3)n2-c2ccccc2)ccc1N1CCN(C)CC1. The van der Waals surface area contributed by atoms with Crippen molar-refractivity contribution in [2.24, 2.45) is 0 Å². The van der Waals surface area contributed by atoms with Gasteiger partial charge >= 0.3 is 0 Å². The third-order valence-corrected chi connectivity index (χ3v) is 7.27. The molecule has 184 valence electrons. The molecule has 36 heavy (non-hydrogen) atoms. The molecular weight excluding hydrogens is 468 g/mol. The largest absolute Gasteiger partial charge is 0.369 e. The molecule has 8 heteroatoms. The number of amides is 1. The van der Waals surface area contributed by atoms with E-state index < -0.39 is 0 Å². The van der Waals surface area contributed by atoms with E-state index in [1.807, 2.05) is 71.3 Å². The van der Waals surface area contributed by atoms with E-state index in [9.17, 15) is 4.79 Å². The first kappa shape index (κ1) is 24.1. The minimum atomic E-state index is -0.0735. The lowest BCUT2D eigenvalue weighted by Gasteiger charge is -2.35. The van der Waals surface area contributed by atoms with E-state index >= 15 is 0 Å². The average Bonchev–Trinajstić information content (AvgIpc) is 3.33. The Hall–Kier alpha value is -3.62. The number of aromatic nitrogens is 3. The maximum Gasteiger partial charge on any atom is 0.234 e. The Morgan fingerprint density at radius 3 is 2.31 bits per heavy atom.